The maximum atomic E-state index is 11.7. The Balaban J connectivity index is 2.31. The van der Waals surface area contributed by atoms with Crippen LogP contribution in [0.2, 0.25) is 0 Å². The van der Waals surface area contributed by atoms with Gasteiger partial charge in [-0.1, -0.05) is 19.8 Å². The van der Waals surface area contributed by atoms with Crippen molar-refractivity contribution in [3.05, 3.63) is 0 Å². The highest BCUT2D eigenvalue weighted by atomic mass is 16.4. The van der Waals surface area contributed by atoms with E-state index in [1.165, 1.54) is 13.3 Å². The van der Waals surface area contributed by atoms with Gasteiger partial charge in [0.25, 0.3) is 0 Å². The van der Waals surface area contributed by atoms with Crippen LogP contribution in [0.4, 0.5) is 0 Å². The number of aliphatic carboxylic acids is 1. The molecule has 0 spiro atoms. The molecular weight excluding hydrogens is 234 g/mol. The highest BCUT2D eigenvalue weighted by molar-refractivity contribution is 5.80. The van der Waals surface area contributed by atoms with Crippen molar-refractivity contribution in [3.63, 3.8) is 0 Å². The summed E-state index contributed by atoms with van der Waals surface area (Å²) in [6, 6.07) is 0. The van der Waals surface area contributed by atoms with Gasteiger partial charge in [0.15, 0.2) is 5.60 Å². The molecule has 1 rings (SSSR count). The number of carboxylic acids is 1. The lowest BCUT2D eigenvalue weighted by atomic mass is 9.81. The first-order valence-corrected chi connectivity index (χ1v) is 6.53. The van der Waals surface area contributed by atoms with Crippen LogP contribution in [0.5, 0.6) is 0 Å². The van der Waals surface area contributed by atoms with Crippen molar-refractivity contribution in [2.45, 2.75) is 51.6 Å². The van der Waals surface area contributed by atoms with Gasteiger partial charge < -0.3 is 15.5 Å². The van der Waals surface area contributed by atoms with Crippen LogP contribution in [0.25, 0.3) is 0 Å². The summed E-state index contributed by atoms with van der Waals surface area (Å²) >= 11 is 0. The fourth-order valence-electron chi connectivity index (χ4n) is 2.43. The molecule has 1 fully saturated rings. The fraction of sp³-hybridized carbons (Fsp3) is 0.846. The van der Waals surface area contributed by atoms with Crippen molar-refractivity contribution in [2.75, 3.05) is 6.54 Å². The van der Waals surface area contributed by atoms with E-state index in [4.69, 9.17) is 5.11 Å². The van der Waals surface area contributed by atoms with Crippen LogP contribution in [0, 0.1) is 11.8 Å². The van der Waals surface area contributed by atoms with E-state index in [-0.39, 0.29) is 12.5 Å². The number of hydrogen-bond acceptors (Lipinski definition) is 3. The van der Waals surface area contributed by atoms with Crippen LogP contribution in [0.3, 0.4) is 0 Å². The highest BCUT2D eigenvalue weighted by Gasteiger charge is 2.30. The molecule has 0 aromatic rings. The molecule has 0 bridgehead atoms. The molecule has 0 aromatic heterocycles. The van der Waals surface area contributed by atoms with Crippen molar-refractivity contribution in [2.24, 2.45) is 11.8 Å². The molecule has 104 valence electrons. The average Bonchev–Trinajstić information content (AvgIpc) is 2.26. The maximum Gasteiger partial charge on any atom is 0.337 e. The molecule has 0 radical (unpaired) electrons. The SMILES string of the molecule is CC1CCCC(CC(=O)NCC(C)(O)C(=O)O)C1. The van der Waals surface area contributed by atoms with Gasteiger partial charge >= 0.3 is 5.97 Å². The lowest BCUT2D eigenvalue weighted by molar-refractivity contribution is -0.156. The number of carbonyl (C=O) groups is 2. The predicted molar refractivity (Wildman–Crippen MR) is 67.0 cm³/mol. The van der Waals surface area contributed by atoms with Gasteiger partial charge in [-0.25, -0.2) is 4.79 Å². The monoisotopic (exact) mass is 257 g/mol. The van der Waals surface area contributed by atoms with Gasteiger partial charge in [-0.3, -0.25) is 4.79 Å². The van der Waals surface area contributed by atoms with E-state index in [1.54, 1.807) is 0 Å². The molecule has 18 heavy (non-hydrogen) atoms. The van der Waals surface area contributed by atoms with Gasteiger partial charge in [0, 0.05) is 6.42 Å². The number of hydrogen-bond donors (Lipinski definition) is 3. The molecular formula is C13H23NO4. The summed E-state index contributed by atoms with van der Waals surface area (Å²) in [5, 5.41) is 20.7. The lowest BCUT2D eigenvalue weighted by Crippen LogP contribution is -2.46. The zero-order valence-corrected chi connectivity index (χ0v) is 11.1. The first kappa shape index (κ1) is 15.0. The first-order valence-electron chi connectivity index (χ1n) is 6.53. The minimum atomic E-state index is -1.89. The zero-order chi connectivity index (χ0) is 13.8. The number of carbonyl (C=O) groups excluding carboxylic acids is 1. The van der Waals surface area contributed by atoms with Crippen LogP contribution in [-0.2, 0) is 9.59 Å². The largest absolute Gasteiger partial charge is 0.479 e. The molecule has 1 saturated carbocycles. The quantitative estimate of drug-likeness (QED) is 0.689. The molecule has 3 unspecified atom stereocenters. The molecule has 1 aliphatic rings. The molecule has 3 N–H and O–H groups in total. The molecule has 0 aliphatic heterocycles. The van der Waals surface area contributed by atoms with Crippen LogP contribution in [0.1, 0.15) is 46.0 Å². The third kappa shape index (κ3) is 4.64. The molecule has 0 saturated heterocycles. The molecule has 5 nitrogen and oxygen atoms in total. The van der Waals surface area contributed by atoms with E-state index in [9.17, 15) is 14.7 Å². The fourth-order valence-corrected chi connectivity index (χ4v) is 2.43. The lowest BCUT2D eigenvalue weighted by Gasteiger charge is -2.26. The van der Waals surface area contributed by atoms with Crippen LogP contribution >= 0.6 is 0 Å². The van der Waals surface area contributed by atoms with E-state index in [1.807, 2.05) is 0 Å². The van der Waals surface area contributed by atoms with Crippen molar-refractivity contribution in [3.8, 4) is 0 Å². The van der Waals surface area contributed by atoms with E-state index >= 15 is 0 Å². The normalized spacial score (nSPS) is 27.3. The third-order valence-electron chi connectivity index (χ3n) is 3.61. The summed E-state index contributed by atoms with van der Waals surface area (Å²) < 4.78 is 0. The molecule has 1 amide bonds. The Morgan fingerprint density at radius 3 is 2.61 bits per heavy atom. The second kappa shape index (κ2) is 6.18. The number of amides is 1. The van der Waals surface area contributed by atoms with Gasteiger partial charge in [0.05, 0.1) is 6.54 Å². The maximum absolute atomic E-state index is 11.7. The minimum Gasteiger partial charge on any atom is -0.479 e. The van der Waals surface area contributed by atoms with Crippen LogP contribution < -0.4 is 5.32 Å². The third-order valence-corrected chi connectivity index (χ3v) is 3.61. The Morgan fingerprint density at radius 2 is 2.06 bits per heavy atom. The van der Waals surface area contributed by atoms with E-state index in [2.05, 4.69) is 12.2 Å². The Morgan fingerprint density at radius 1 is 1.39 bits per heavy atom. The number of rotatable bonds is 5. The summed E-state index contributed by atoms with van der Waals surface area (Å²) in [4.78, 5) is 22.3. The summed E-state index contributed by atoms with van der Waals surface area (Å²) in [6.07, 6.45) is 4.94. The van der Waals surface area contributed by atoms with Crippen molar-refractivity contribution in [1.29, 1.82) is 0 Å². The minimum absolute atomic E-state index is 0.171. The zero-order valence-electron chi connectivity index (χ0n) is 11.1. The van der Waals surface area contributed by atoms with Crippen molar-refractivity contribution < 1.29 is 19.8 Å². The number of carboxylic acid groups (broad SMARTS) is 1. The number of nitrogens with one attached hydrogen (secondary N) is 1. The molecule has 5 heteroatoms. The molecule has 0 heterocycles. The first-order chi connectivity index (χ1) is 8.31. The van der Waals surface area contributed by atoms with Crippen molar-refractivity contribution >= 4 is 11.9 Å². The van der Waals surface area contributed by atoms with Gasteiger partial charge in [-0.2, -0.15) is 0 Å². The summed E-state index contributed by atoms with van der Waals surface area (Å²) in [5.41, 5.74) is -1.89. The smallest absolute Gasteiger partial charge is 0.337 e. The Bertz CT molecular complexity index is 314. The average molecular weight is 257 g/mol. The van der Waals surface area contributed by atoms with Gasteiger partial charge in [-0.15, -0.1) is 0 Å². The Kier molecular flexibility index (Phi) is 5.14. The highest BCUT2D eigenvalue weighted by Crippen LogP contribution is 2.30. The van der Waals surface area contributed by atoms with E-state index < -0.39 is 11.6 Å². The number of aliphatic hydroxyl groups is 1. The summed E-state index contributed by atoms with van der Waals surface area (Å²) in [6.45, 7) is 3.13. The van der Waals surface area contributed by atoms with Crippen LogP contribution in [0.15, 0.2) is 0 Å². The summed E-state index contributed by atoms with van der Waals surface area (Å²) in [7, 11) is 0. The predicted octanol–water partition coefficient (Wildman–Crippen LogP) is 1.15. The molecule has 1 aliphatic carbocycles. The van der Waals surface area contributed by atoms with Crippen molar-refractivity contribution in [1.82, 2.24) is 5.32 Å². The van der Waals surface area contributed by atoms with Gasteiger partial charge in [0.2, 0.25) is 5.91 Å². The van der Waals surface area contributed by atoms with E-state index in [0.717, 1.165) is 19.3 Å². The van der Waals surface area contributed by atoms with Gasteiger partial charge in [0.1, 0.15) is 0 Å². The van der Waals surface area contributed by atoms with Gasteiger partial charge in [-0.05, 0) is 31.6 Å². The molecule has 3 atom stereocenters. The Labute approximate surface area is 108 Å². The Hall–Kier alpha value is -1.10. The second-order valence-corrected chi connectivity index (χ2v) is 5.70. The summed E-state index contributed by atoms with van der Waals surface area (Å²) in [5.74, 6) is -0.438. The van der Waals surface area contributed by atoms with E-state index in [0.29, 0.717) is 18.3 Å². The molecule has 0 aromatic carbocycles. The topological polar surface area (TPSA) is 86.6 Å². The second-order valence-electron chi connectivity index (χ2n) is 5.70. The standard InChI is InChI=1S/C13H23NO4/c1-9-4-3-5-10(6-9)7-11(15)14-8-13(2,18)12(16)17/h9-10,18H,3-8H2,1-2H3,(H,14,15)(H,16,17). The van der Waals surface area contributed by atoms with Crippen LogP contribution in [-0.4, -0.2) is 34.2 Å².